The monoisotopic (exact) mass is 497 g/mol. The van der Waals surface area contributed by atoms with Crippen LogP contribution in [0.5, 0.6) is 17.5 Å². The van der Waals surface area contributed by atoms with E-state index in [0.29, 0.717) is 37.3 Å². The molecule has 1 heterocycles. The van der Waals surface area contributed by atoms with Gasteiger partial charge in [0.25, 0.3) is 0 Å². The third-order valence-electron chi connectivity index (χ3n) is 5.36. The molecule has 0 aliphatic rings. The van der Waals surface area contributed by atoms with Crippen LogP contribution in [-0.4, -0.2) is 24.2 Å². The van der Waals surface area contributed by atoms with E-state index >= 15 is 0 Å². The Kier molecular flexibility index (Phi) is 9.13. The molecule has 0 aliphatic carbocycles. The van der Waals surface area contributed by atoms with Gasteiger partial charge in [-0.1, -0.05) is 86.6 Å². The van der Waals surface area contributed by atoms with Crippen LogP contribution in [0.4, 0.5) is 0 Å². The van der Waals surface area contributed by atoms with Crippen molar-refractivity contribution >= 4 is 5.97 Å². The molecule has 6 nitrogen and oxygen atoms in total. The molecule has 0 fully saturated rings. The van der Waals surface area contributed by atoms with Crippen molar-refractivity contribution in [3.63, 3.8) is 0 Å². The van der Waals surface area contributed by atoms with Crippen LogP contribution in [0.3, 0.4) is 0 Å². The lowest BCUT2D eigenvalue weighted by Crippen LogP contribution is -2.17. The first kappa shape index (κ1) is 25.8. The summed E-state index contributed by atoms with van der Waals surface area (Å²) in [7, 11) is 0. The number of carbonyl (C=O) groups excluding carboxylic acids is 1. The summed E-state index contributed by atoms with van der Waals surface area (Å²) in [5.41, 5.74) is 3.72. The quantitative estimate of drug-likeness (QED) is 0.209. The number of ether oxygens (including phenoxy) is 4. The third kappa shape index (κ3) is 8.10. The number of pyridine rings is 1. The number of esters is 1. The standard InChI is InChI=1S/C31H31NO5/c1-23(2)19-36-30(33)22-34-27-15-9-14-26(18-27)28-16-17-29(35-20-24-10-5-3-6-11-24)32-31(28)37-21-25-12-7-4-8-13-25/h3-18,23H,19-22H2,1-2H3. The van der Waals surface area contributed by atoms with Crippen LogP contribution in [0.1, 0.15) is 25.0 Å². The molecule has 0 saturated carbocycles. The van der Waals surface area contributed by atoms with Gasteiger partial charge in [0.1, 0.15) is 19.0 Å². The SMILES string of the molecule is CC(C)COC(=O)COc1cccc(-c2ccc(OCc3ccccc3)nc2OCc2ccccc2)c1. The molecule has 37 heavy (non-hydrogen) atoms. The number of nitrogens with zero attached hydrogens (tertiary/aromatic N) is 1. The Bertz CT molecular complexity index is 1280. The van der Waals surface area contributed by atoms with Crippen molar-refractivity contribution in [2.24, 2.45) is 5.92 Å². The maximum atomic E-state index is 12.0. The zero-order valence-corrected chi connectivity index (χ0v) is 21.1. The second-order valence-electron chi connectivity index (χ2n) is 8.94. The fourth-order valence-corrected chi connectivity index (χ4v) is 3.49. The highest BCUT2D eigenvalue weighted by molar-refractivity contribution is 5.72. The van der Waals surface area contributed by atoms with E-state index in [0.717, 1.165) is 22.3 Å². The second-order valence-corrected chi connectivity index (χ2v) is 8.94. The first-order valence-electron chi connectivity index (χ1n) is 12.3. The Morgan fingerprint density at radius 1 is 0.757 bits per heavy atom. The fraction of sp³-hybridized carbons (Fsp3) is 0.226. The summed E-state index contributed by atoms with van der Waals surface area (Å²) in [6.45, 7) is 4.96. The van der Waals surface area contributed by atoms with Crippen molar-refractivity contribution in [3.05, 3.63) is 108 Å². The van der Waals surface area contributed by atoms with Crippen LogP contribution < -0.4 is 14.2 Å². The van der Waals surface area contributed by atoms with E-state index in [9.17, 15) is 4.79 Å². The molecule has 0 unspecified atom stereocenters. The van der Waals surface area contributed by atoms with Gasteiger partial charge in [-0.25, -0.2) is 4.79 Å². The first-order chi connectivity index (χ1) is 18.1. The van der Waals surface area contributed by atoms with Crippen molar-refractivity contribution in [2.75, 3.05) is 13.2 Å². The van der Waals surface area contributed by atoms with Crippen molar-refractivity contribution < 1.29 is 23.7 Å². The molecule has 0 spiro atoms. The van der Waals surface area contributed by atoms with Crippen LogP contribution in [0.15, 0.2) is 97.1 Å². The minimum absolute atomic E-state index is 0.155. The highest BCUT2D eigenvalue weighted by Crippen LogP contribution is 2.33. The van der Waals surface area contributed by atoms with Gasteiger partial charge >= 0.3 is 5.97 Å². The van der Waals surface area contributed by atoms with Crippen molar-refractivity contribution in [1.29, 1.82) is 0 Å². The van der Waals surface area contributed by atoms with Crippen LogP contribution >= 0.6 is 0 Å². The number of rotatable bonds is 12. The minimum atomic E-state index is -0.396. The van der Waals surface area contributed by atoms with Gasteiger partial charge in [-0.2, -0.15) is 4.98 Å². The van der Waals surface area contributed by atoms with E-state index in [1.54, 1.807) is 6.07 Å². The number of benzene rings is 3. The molecule has 4 rings (SSSR count). The van der Waals surface area contributed by atoms with Crippen molar-refractivity contribution in [3.8, 4) is 28.6 Å². The molecular formula is C31H31NO5. The Labute approximate surface area is 217 Å². The molecule has 0 amide bonds. The highest BCUT2D eigenvalue weighted by atomic mass is 16.6. The summed E-state index contributed by atoms with van der Waals surface area (Å²) >= 11 is 0. The maximum absolute atomic E-state index is 12.0. The Morgan fingerprint density at radius 3 is 2.11 bits per heavy atom. The molecule has 6 heteroatoms. The first-order valence-corrected chi connectivity index (χ1v) is 12.3. The van der Waals surface area contributed by atoms with E-state index in [1.807, 2.05) is 105 Å². The highest BCUT2D eigenvalue weighted by Gasteiger charge is 2.13. The van der Waals surface area contributed by atoms with Gasteiger partial charge in [-0.15, -0.1) is 0 Å². The van der Waals surface area contributed by atoms with Gasteiger partial charge in [0, 0.05) is 11.6 Å². The van der Waals surface area contributed by atoms with Gasteiger partial charge in [0.05, 0.1) is 6.61 Å². The zero-order chi connectivity index (χ0) is 25.9. The van der Waals surface area contributed by atoms with Crippen molar-refractivity contribution in [2.45, 2.75) is 27.1 Å². The van der Waals surface area contributed by atoms with Crippen molar-refractivity contribution in [1.82, 2.24) is 4.98 Å². The second kappa shape index (κ2) is 13.1. The van der Waals surface area contributed by atoms with Crippen LogP contribution in [0.25, 0.3) is 11.1 Å². The number of hydrogen-bond acceptors (Lipinski definition) is 6. The van der Waals surface area contributed by atoms with Crippen LogP contribution in [0.2, 0.25) is 0 Å². The fourth-order valence-electron chi connectivity index (χ4n) is 3.49. The molecule has 0 N–H and O–H groups in total. The van der Waals surface area contributed by atoms with E-state index in [-0.39, 0.29) is 12.5 Å². The third-order valence-corrected chi connectivity index (χ3v) is 5.36. The molecule has 0 radical (unpaired) electrons. The maximum Gasteiger partial charge on any atom is 0.344 e. The Hall–Kier alpha value is -4.32. The van der Waals surface area contributed by atoms with Gasteiger partial charge in [0.15, 0.2) is 6.61 Å². The Morgan fingerprint density at radius 2 is 1.43 bits per heavy atom. The molecule has 0 saturated heterocycles. The molecule has 1 aromatic heterocycles. The van der Waals surface area contributed by atoms with Gasteiger partial charge in [0.2, 0.25) is 11.8 Å². The number of aromatic nitrogens is 1. The molecule has 0 aliphatic heterocycles. The molecule has 0 bridgehead atoms. The minimum Gasteiger partial charge on any atom is -0.482 e. The lowest BCUT2D eigenvalue weighted by atomic mass is 10.1. The number of hydrogen-bond donors (Lipinski definition) is 0. The smallest absolute Gasteiger partial charge is 0.344 e. The van der Waals surface area contributed by atoms with E-state index in [2.05, 4.69) is 4.98 Å². The molecule has 3 aromatic carbocycles. The number of carbonyl (C=O) groups is 1. The molecule has 0 atom stereocenters. The summed E-state index contributed by atoms with van der Waals surface area (Å²) in [5, 5.41) is 0. The topological polar surface area (TPSA) is 66.9 Å². The lowest BCUT2D eigenvalue weighted by molar-refractivity contribution is -0.147. The van der Waals surface area contributed by atoms with E-state index in [4.69, 9.17) is 18.9 Å². The summed E-state index contributed by atoms with van der Waals surface area (Å²) < 4.78 is 23.0. The summed E-state index contributed by atoms with van der Waals surface area (Å²) in [5.74, 6) is 1.34. The largest absolute Gasteiger partial charge is 0.482 e. The molecule has 4 aromatic rings. The summed E-state index contributed by atoms with van der Waals surface area (Å²) in [4.78, 5) is 16.6. The predicted molar refractivity (Wildman–Crippen MR) is 143 cm³/mol. The average molecular weight is 498 g/mol. The Balaban J connectivity index is 1.52. The zero-order valence-electron chi connectivity index (χ0n) is 21.1. The van der Waals surface area contributed by atoms with E-state index in [1.165, 1.54) is 0 Å². The predicted octanol–water partition coefficient (Wildman–Crippen LogP) is 6.48. The average Bonchev–Trinajstić information content (AvgIpc) is 2.94. The molecule has 190 valence electrons. The van der Waals surface area contributed by atoms with Crippen LogP contribution in [0, 0.1) is 5.92 Å². The molecular weight excluding hydrogens is 466 g/mol. The lowest BCUT2D eigenvalue weighted by Gasteiger charge is -2.14. The summed E-state index contributed by atoms with van der Waals surface area (Å²) in [6, 6.07) is 31.1. The normalized spacial score (nSPS) is 10.7. The summed E-state index contributed by atoms with van der Waals surface area (Å²) in [6.07, 6.45) is 0. The van der Waals surface area contributed by atoms with Gasteiger partial charge in [-0.05, 0) is 40.8 Å². The van der Waals surface area contributed by atoms with Gasteiger partial charge in [-0.3, -0.25) is 0 Å². The van der Waals surface area contributed by atoms with E-state index < -0.39 is 5.97 Å². The van der Waals surface area contributed by atoms with Gasteiger partial charge < -0.3 is 18.9 Å². The van der Waals surface area contributed by atoms with Crippen LogP contribution in [-0.2, 0) is 22.7 Å².